The minimum atomic E-state index is 0.132. The lowest BCUT2D eigenvalue weighted by atomic mass is 9.96. The molecule has 2 aromatic rings. The highest BCUT2D eigenvalue weighted by atomic mass is 79.9. The smallest absolute Gasteiger partial charge is 0.174 e. The van der Waals surface area contributed by atoms with Crippen molar-refractivity contribution >= 4 is 33.3 Å². The van der Waals surface area contributed by atoms with Crippen molar-refractivity contribution in [2.45, 2.75) is 26.4 Å². The van der Waals surface area contributed by atoms with Crippen LogP contribution in [-0.4, -0.2) is 10.0 Å². The molecule has 0 amide bonds. The summed E-state index contributed by atoms with van der Waals surface area (Å²) in [6.07, 6.45) is 0. The summed E-state index contributed by atoms with van der Waals surface area (Å²) in [5, 5.41) is 4.27. The Morgan fingerprint density at radius 1 is 1.09 bits per heavy atom. The van der Waals surface area contributed by atoms with Crippen molar-refractivity contribution in [2.24, 2.45) is 0 Å². The predicted molar refractivity (Wildman–Crippen MR) is 103 cm³/mol. The average molecular weight is 387 g/mol. The molecule has 1 heterocycles. The van der Waals surface area contributed by atoms with Gasteiger partial charge in [-0.1, -0.05) is 58.4 Å². The summed E-state index contributed by atoms with van der Waals surface area (Å²) in [5.41, 5.74) is 5.00. The van der Waals surface area contributed by atoms with Crippen molar-refractivity contribution in [3.05, 3.63) is 81.5 Å². The van der Waals surface area contributed by atoms with Crippen LogP contribution in [0.5, 0.6) is 0 Å². The molecule has 0 aliphatic carbocycles. The predicted octanol–water partition coefficient (Wildman–Crippen LogP) is 5.17. The fourth-order valence-corrected chi connectivity index (χ4v) is 3.60. The van der Waals surface area contributed by atoms with Crippen molar-refractivity contribution in [1.29, 1.82) is 0 Å². The Bertz CT molecular complexity index is 755. The van der Waals surface area contributed by atoms with Gasteiger partial charge in [-0.15, -0.1) is 0 Å². The van der Waals surface area contributed by atoms with Crippen LogP contribution >= 0.6 is 28.1 Å². The van der Waals surface area contributed by atoms with Crippen LogP contribution in [0, 0.1) is 0 Å². The fourth-order valence-electron chi connectivity index (χ4n) is 2.86. The van der Waals surface area contributed by atoms with Gasteiger partial charge < -0.3 is 10.2 Å². The van der Waals surface area contributed by atoms with Crippen LogP contribution in [0.3, 0.4) is 0 Å². The minimum Gasteiger partial charge on any atom is -0.352 e. The van der Waals surface area contributed by atoms with Gasteiger partial charge in [-0.2, -0.15) is 0 Å². The quantitative estimate of drug-likeness (QED) is 0.731. The molecular formula is C19H19BrN2S. The van der Waals surface area contributed by atoms with Crippen LogP contribution in [0.25, 0.3) is 0 Å². The number of rotatable bonds is 3. The second kappa shape index (κ2) is 6.85. The number of thiocarbonyl (C=S) groups is 1. The Hall–Kier alpha value is -1.65. The minimum absolute atomic E-state index is 0.132. The first-order valence-corrected chi connectivity index (χ1v) is 8.81. The summed E-state index contributed by atoms with van der Waals surface area (Å²) in [6.45, 7) is 5.12. The summed E-state index contributed by atoms with van der Waals surface area (Å²) in [7, 11) is 0. The standard InChI is InChI=1S/C19H19BrN2S/c1-13-14(2)22(12-15-7-4-3-5-8-15)19(23)21-18(13)16-9-6-10-17(20)11-16/h3-11,18H,12H2,1-2H3,(H,21,23)/t18-/m0/s1. The first-order valence-electron chi connectivity index (χ1n) is 7.61. The third kappa shape index (κ3) is 3.48. The first kappa shape index (κ1) is 16.2. The van der Waals surface area contributed by atoms with E-state index in [-0.39, 0.29) is 6.04 Å². The van der Waals surface area contributed by atoms with Gasteiger partial charge in [-0.3, -0.25) is 0 Å². The number of hydrogen-bond donors (Lipinski definition) is 1. The van der Waals surface area contributed by atoms with Gasteiger partial charge >= 0.3 is 0 Å². The van der Waals surface area contributed by atoms with Crippen LogP contribution in [0.15, 0.2) is 70.3 Å². The Labute approximate surface area is 151 Å². The lowest BCUT2D eigenvalue weighted by Crippen LogP contribution is -2.45. The number of nitrogens with one attached hydrogen (secondary N) is 1. The van der Waals surface area contributed by atoms with E-state index in [4.69, 9.17) is 12.2 Å². The molecule has 0 fully saturated rings. The second-order valence-corrected chi connectivity index (χ2v) is 7.08. The molecule has 0 radical (unpaired) electrons. The van der Waals surface area contributed by atoms with Crippen molar-refractivity contribution in [1.82, 2.24) is 10.2 Å². The van der Waals surface area contributed by atoms with Crippen LogP contribution in [0.2, 0.25) is 0 Å². The zero-order valence-electron chi connectivity index (χ0n) is 13.2. The summed E-state index contributed by atoms with van der Waals surface area (Å²) < 4.78 is 1.08. The molecule has 1 aliphatic rings. The molecule has 3 rings (SSSR count). The maximum atomic E-state index is 5.64. The molecule has 0 spiro atoms. The first-order chi connectivity index (χ1) is 11.1. The van der Waals surface area contributed by atoms with Gasteiger partial charge in [-0.05, 0) is 54.9 Å². The lowest BCUT2D eigenvalue weighted by molar-refractivity contribution is 0.451. The van der Waals surface area contributed by atoms with E-state index >= 15 is 0 Å². The Morgan fingerprint density at radius 3 is 2.52 bits per heavy atom. The zero-order chi connectivity index (χ0) is 16.4. The van der Waals surface area contributed by atoms with Crippen molar-refractivity contribution in [3.8, 4) is 0 Å². The van der Waals surface area contributed by atoms with Gasteiger partial charge in [0, 0.05) is 16.7 Å². The summed E-state index contributed by atoms with van der Waals surface area (Å²) in [4.78, 5) is 2.18. The van der Waals surface area contributed by atoms with E-state index in [2.05, 4.69) is 82.5 Å². The molecule has 1 atom stereocenters. The van der Waals surface area contributed by atoms with Gasteiger partial charge in [0.05, 0.1) is 6.04 Å². The van der Waals surface area contributed by atoms with Gasteiger partial charge in [0.15, 0.2) is 5.11 Å². The second-order valence-electron chi connectivity index (χ2n) is 5.78. The van der Waals surface area contributed by atoms with Gasteiger partial charge in [-0.25, -0.2) is 0 Å². The third-order valence-corrected chi connectivity index (χ3v) is 5.12. The van der Waals surface area contributed by atoms with Crippen molar-refractivity contribution < 1.29 is 0 Å². The molecule has 1 aliphatic heterocycles. The van der Waals surface area contributed by atoms with Gasteiger partial charge in [0.1, 0.15) is 0 Å². The summed E-state index contributed by atoms with van der Waals surface area (Å²) in [5.74, 6) is 0. The Balaban J connectivity index is 1.90. The maximum absolute atomic E-state index is 5.64. The molecule has 0 unspecified atom stereocenters. The SMILES string of the molecule is CC1=C(C)N(Cc2ccccc2)C(=S)N[C@@H]1c1cccc(Br)c1. The van der Waals surface area contributed by atoms with E-state index in [0.29, 0.717) is 0 Å². The molecule has 1 N–H and O–H groups in total. The van der Waals surface area contributed by atoms with E-state index in [1.165, 1.54) is 22.4 Å². The topological polar surface area (TPSA) is 15.3 Å². The van der Waals surface area contributed by atoms with Gasteiger partial charge in [0.2, 0.25) is 0 Å². The molecular weight excluding hydrogens is 368 g/mol. The van der Waals surface area contributed by atoms with E-state index in [1.807, 2.05) is 12.1 Å². The molecule has 0 aromatic heterocycles. The summed E-state index contributed by atoms with van der Waals surface area (Å²) in [6, 6.07) is 18.9. The molecule has 0 bridgehead atoms. The van der Waals surface area contributed by atoms with Crippen molar-refractivity contribution in [3.63, 3.8) is 0 Å². The highest BCUT2D eigenvalue weighted by molar-refractivity contribution is 9.10. The lowest BCUT2D eigenvalue weighted by Gasteiger charge is -2.37. The molecule has 2 nitrogen and oxygen atoms in total. The number of hydrogen-bond acceptors (Lipinski definition) is 1. The number of halogens is 1. The molecule has 4 heteroatoms. The molecule has 0 saturated carbocycles. The van der Waals surface area contributed by atoms with Crippen LogP contribution in [0.1, 0.15) is 31.0 Å². The monoisotopic (exact) mass is 386 g/mol. The Kier molecular flexibility index (Phi) is 4.83. The van der Waals surface area contributed by atoms with Crippen LogP contribution in [0.4, 0.5) is 0 Å². The van der Waals surface area contributed by atoms with Crippen molar-refractivity contribution in [2.75, 3.05) is 0 Å². The Morgan fingerprint density at radius 2 is 1.83 bits per heavy atom. The van der Waals surface area contributed by atoms with E-state index < -0.39 is 0 Å². The summed E-state index contributed by atoms with van der Waals surface area (Å²) >= 11 is 9.18. The van der Waals surface area contributed by atoms with E-state index in [0.717, 1.165) is 16.1 Å². The average Bonchev–Trinajstić information content (AvgIpc) is 2.56. The van der Waals surface area contributed by atoms with E-state index in [1.54, 1.807) is 0 Å². The van der Waals surface area contributed by atoms with E-state index in [9.17, 15) is 0 Å². The number of benzene rings is 2. The maximum Gasteiger partial charge on any atom is 0.174 e. The zero-order valence-corrected chi connectivity index (χ0v) is 15.6. The molecule has 118 valence electrons. The highest BCUT2D eigenvalue weighted by Gasteiger charge is 2.27. The highest BCUT2D eigenvalue weighted by Crippen LogP contribution is 2.31. The number of allylic oxidation sites excluding steroid dienone is 1. The normalized spacial score (nSPS) is 18.1. The van der Waals surface area contributed by atoms with Gasteiger partial charge in [0.25, 0.3) is 0 Å². The molecule has 23 heavy (non-hydrogen) atoms. The third-order valence-electron chi connectivity index (χ3n) is 4.29. The van der Waals surface area contributed by atoms with Crippen LogP contribution in [-0.2, 0) is 6.54 Å². The molecule has 0 saturated heterocycles. The van der Waals surface area contributed by atoms with Crippen LogP contribution < -0.4 is 5.32 Å². The fraction of sp³-hybridized carbons (Fsp3) is 0.211. The number of nitrogens with zero attached hydrogens (tertiary/aromatic N) is 1. The largest absolute Gasteiger partial charge is 0.352 e. The molecule has 2 aromatic carbocycles.